The molecule has 0 atom stereocenters. The standard InChI is InChI=1S/C3F2O3/c4-1(5)2-7-3(6)8-2. The van der Waals surface area contributed by atoms with Crippen LogP contribution in [0.1, 0.15) is 0 Å². The van der Waals surface area contributed by atoms with Crippen LogP contribution in [0.2, 0.25) is 0 Å². The molecule has 0 aromatic rings. The SMILES string of the molecule is O=C1OC(=C(F)F)O1. The fraction of sp³-hybridized carbons (Fsp3) is 0. The molecule has 0 aliphatic carbocycles. The van der Waals surface area contributed by atoms with E-state index in [1.807, 2.05) is 0 Å². The lowest BCUT2D eigenvalue weighted by atomic mass is 10.9. The lowest BCUT2D eigenvalue weighted by molar-refractivity contribution is -0.0390. The highest BCUT2D eigenvalue weighted by atomic mass is 19.3. The van der Waals surface area contributed by atoms with Crippen LogP contribution in [0.25, 0.3) is 0 Å². The predicted molar refractivity (Wildman–Crippen MR) is 16.8 cm³/mol. The average Bonchev–Trinajstić information content (AvgIpc) is 1.57. The van der Waals surface area contributed by atoms with Gasteiger partial charge < -0.3 is 9.47 Å². The number of hydrogen-bond acceptors (Lipinski definition) is 3. The third-order valence-electron chi connectivity index (χ3n) is 0.506. The highest BCUT2D eigenvalue weighted by Crippen LogP contribution is 2.20. The Bertz CT molecular complexity index is 148. The van der Waals surface area contributed by atoms with Gasteiger partial charge in [0.1, 0.15) is 0 Å². The first-order chi connectivity index (χ1) is 3.70. The van der Waals surface area contributed by atoms with E-state index in [2.05, 4.69) is 9.47 Å². The molecule has 5 heteroatoms. The lowest BCUT2D eigenvalue weighted by Gasteiger charge is -2.12. The first-order valence-corrected chi connectivity index (χ1v) is 1.65. The zero-order chi connectivity index (χ0) is 6.15. The summed E-state index contributed by atoms with van der Waals surface area (Å²) in [4.78, 5) is 9.60. The van der Waals surface area contributed by atoms with Gasteiger partial charge in [0, 0.05) is 0 Å². The molecule has 0 aromatic carbocycles. The van der Waals surface area contributed by atoms with Crippen molar-refractivity contribution in [2.75, 3.05) is 0 Å². The molecule has 1 aliphatic heterocycles. The zero-order valence-corrected chi connectivity index (χ0v) is 3.48. The molecule has 0 saturated carbocycles. The van der Waals surface area contributed by atoms with Crippen molar-refractivity contribution in [1.29, 1.82) is 0 Å². The zero-order valence-electron chi connectivity index (χ0n) is 3.48. The van der Waals surface area contributed by atoms with Crippen LogP contribution in [0.4, 0.5) is 13.6 Å². The van der Waals surface area contributed by atoms with Crippen LogP contribution >= 0.6 is 0 Å². The van der Waals surface area contributed by atoms with Crippen molar-refractivity contribution < 1.29 is 23.0 Å². The molecule has 1 heterocycles. The second-order valence-electron chi connectivity index (χ2n) is 1.00. The molecule has 3 nitrogen and oxygen atoms in total. The molecule has 1 saturated heterocycles. The van der Waals surface area contributed by atoms with Crippen molar-refractivity contribution in [1.82, 2.24) is 0 Å². The van der Waals surface area contributed by atoms with E-state index in [9.17, 15) is 13.6 Å². The largest absolute Gasteiger partial charge is 0.524 e. The molecule has 8 heavy (non-hydrogen) atoms. The minimum atomic E-state index is -2.12. The Morgan fingerprint density at radius 2 is 1.88 bits per heavy atom. The minimum absolute atomic E-state index is 0.991. The Morgan fingerprint density at radius 1 is 1.38 bits per heavy atom. The van der Waals surface area contributed by atoms with Crippen LogP contribution in [-0.2, 0) is 9.47 Å². The first-order valence-electron chi connectivity index (χ1n) is 1.65. The third kappa shape index (κ3) is 0.617. The fourth-order valence-corrected chi connectivity index (χ4v) is 0.236. The normalized spacial score (nSPS) is 16.2. The summed E-state index contributed by atoms with van der Waals surface area (Å²) in [6.07, 6.45) is -3.21. The van der Waals surface area contributed by atoms with Crippen LogP contribution in [0.3, 0.4) is 0 Å². The molecule has 0 radical (unpaired) electrons. The van der Waals surface area contributed by atoms with Gasteiger partial charge in [0.05, 0.1) is 0 Å². The molecule has 0 bridgehead atoms. The van der Waals surface area contributed by atoms with Gasteiger partial charge in [-0.3, -0.25) is 0 Å². The van der Waals surface area contributed by atoms with E-state index >= 15 is 0 Å². The highest BCUT2D eigenvalue weighted by Gasteiger charge is 2.29. The van der Waals surface area contributed by atoms with Crippen molar-refractivity contribution in [3.05, 3.63) is 12.0 Å². The van der Waals surface area contributed by atoms with E-state index in [-0.39, 0.29) is 0 Å². The minimum Gasteiger partial charge on any atom is -0.355 e. The van der Waals surface area contributed by atoms with Crippen LogP contribution in [0.5, 0.6) is 0 Å². The fourth-order valence-electron chi connectivity index (χ4n) is 0.236. The summed E-state index contributed by atoms with van der Waals surface area (Å²) < 4.78 is 29.6. The van der Waals surface area contributed by atoms with E-state index in [1.54, 1.807) is 0 Å². The third-order valence-corrected chi connectivity index (χ3v) is 0.506. The molecule has 1 fully saturated rings. The molecule has 0 unspecified atom stereocenters. The van der Waals surface area contributed by atoms with Crippen molar-refractivity contribution in [3.63, 3.8) is 0 Å². The van der Waals surface area contributed by atoms with Gasteiger partial charge in [-0.25, -0.2) is 4.79 Å². The smallest absolute Gasteiger partial charge is 0.355 e. The topological polar surface area (TPSA) is 35.5 Å². The van der Waals surface area contributed by atoms with Gasteiger partial charge in [0.25, 0.3) is 0 Å². The van der Waals surface area contributed by atoms with Gasteiger partial charge in [-0.15, -0.1) is 0 Å². The Morgan fingerprint density at radius 3 is 2.00 bits per heavy atom. The molecule has 0 aromatic heterocycles. The molecule has 0 spiro atoms. The Balaban J connectivity index is 2.57. The molecule has 0 amide bonds. The summed E-state index contributed by atoms with van der Waals surface area (Å²) >= 11 is 0. The van der Waals surface area contributed by atoms with Crippen molar-refractivity contribution in [2.24, 2.45) is 0 Å². The van der Waals surface area contributed by atoms with Crippen LogP contribution in [0.15, 0.2) is 12.0 Å². The van der Waals surface area contributed by atoms with Gasteiger partial charge >= 0.3 is 18.2 Å². The van der Waals surface area contributed by atoms with Gasteiger partial charge in [-0.2, -0.15) is 8.78 Å². The average molecular weight is 122 g/mol. The summed E-state index contributed by atoms with van der Waals surface area (Å²) in [5, 5.41) is 0. The maximum absolute atomic E-state index is 11.1. The van der Waals surface area contributed by atoms with Gasteiger partial charge in [-0.1, -0.05) is 0 Å². The van der Waals surface area contributed by atoms with Gasteiger partial charge in [0.2, 0.25) is 0 Å². The molecular weight excluding hydrogens is 122 g/mol. The number of halogens is 2. The second-order valence-corrected chi connectivity index (χ2v) is 1.00. The number of rotatable bonds is 0. The Labute approximate surface area is 42.5 Å². The van der Waals surface area contributed by atoms with E-state index in [1.165, 1.54) is 0 Å². The predicted octanol–water partition coefficient (Wildman–Crippen LogP) is 1.22. The monoisotopic (exact) mass is 122 g/mol. The van der Waals surface area contributed by atoms with Crippen LogP contribution in [-0.4, -0.2) is 6.16 Å². The van der Waals surface area contributed by atoms with Crippen molar-refractivity contribution in [3.8, 4) is 0 Å². The number of hydrogen-bond donors (Lipinski definition) is 0. The quantitative estimate of drug-likeness (QED) is 0.453. The number of cyclic esters (lactones) is 2. The summed E-state index contributed by atoms with van der Waals surface area (Å²) in [6, 6.07) is 0. The summed E-state index contributed by atoms with van der Waals surface area (Å²) in [7, 11) is 0. The van der Waals surface area contributed by atoms with Gasteiger partial charge in [0.15, 0.2) is 0 Å². The molecule has 44 valence electrons. The maximum atomic E-state index is 11.1. The number of carbonyl (C=O) groups is 1. The van der Waals surface area contributed by atoms with Crippen molar-refractivity contribution in [2.45, 2.75) is 0 Å². The number of ether oxygens (including phenoxy) is 2. The second kappa shape index (κ2) is 1.43. The van der Waals surface area contributed by atoms with E-state index in [0.717, 1.165) is 0 Å². The molecule has 1 aliphatic rings. The number of carbonyl (C=O) groups excluding carboxylic acids is 1. The molecule has 1 rings (SSSR count). The lowest BCUT2D eigenvalue weighted by Crippen LogP contribution is -2.20. The Kier molecular flexibility index (Phi) is 0.896. The summed E-state index contributed by atoms with van der Waals surface area (Å²) in [5.41, 5.74) is 0. The maximum Gasteiger partial charge on any atom is 0.524 e. The van der Waals surface area contributed by atoms with Crippen molar-refractivity contribution >= 4 is 6.16 Å². The first kappa shape index (κ1) is 5.02. The van der Waals surface area contributed by atoms with E-state index < -0.39 is 18.2 Å². The van der Waals surface area contributed by atoms with Gasteiger partial charge in [-0.05, 0) is 0 Å². The van der Waals surface area contributed by atoms with Crippen LogP contribution < -0.4 is 0 Å². The summed E-state index contributed by atoms with van der Waals surface area (Å²) in [5.74, 6) is -0.991. The van der Waals surface area contributed by atoms with Crippen LogP contribution in [0, 0.1) is 0 Å². The molecular formula is C3F2O3. The van der Waals surface area contributed by atoms with E-state index in [0.29, 0.717) is 0 Å². The Hall–Kier alpha value is -1.13. The van der Waals surface area contributed by atoms with E-state index in [4.69, 9.17) is 0 Å². The summed E-state index contributed by atoms with van der Waals surface area (Å²) in [6.45, 7) is 0. The highest BCUT2D eigenvalue weighted by molar-refractivity contribution is 5.67. The molecule has 0 N–H and O–H groups in total.